The second-order valence-electron chi connectivity index (χ2n) is 13.4. The number of hydrogen-bond acceptors (Lipinski definition) is 10. The molecule has 5 aliphatic carbocycles. The summed E-state index contributed by atoms with van der Waals surface area (Å²) in [6.07, 6.45) is -2.91. The van der Waals surface area contributed by atoms with Gasteiger partial charge in [0.2, 0.25) is 0 Å². The molecule has 2 unspecified atom stereocenters. The van der Waals surface area contributed by atoms with Crippen LogP contribution in [0.15, 0.2) is 30.3 Å². The van der Waals surface area contributed by atoms with E-state index in [1.807, 2.05) is 6.07 Å². The van der Waals surface area contributed by atoms with Gasteiger partial charge in [-0.3, -0.25) is 4.79 Å². The molecule has 6 fully saturated rings. The third kappa shape index (κ3) is 3.12. The highest BCUT2D eigenvalue weighted by atomic mass is 16.6. The topological polar surface area (TPSA) is 124 Å². The molecule has 5 saturated carbocycles. The maximum absolute atomic E-state index is 14.4. The summed E-state index contributed by atoms with van der Waals surface area (Å²) in [5, 5.41) is 24.2. The zero-order chi connectivity index (χ0) is 29.1. The van der Waals surface area contributed by atoms with Gasteiger partial charge in [0.1, 0.15) is 17.8 Å². The van der Waals surface area contributed by atoms with Gasteiger partial charge in [0.15, 0.2) is 5.78 Å². The van der Waals surface area contributed by atoms with Gasteiger partial charge >= 0.3 is 5.97 Å². The van der Waals surface area contributed by atoms with E-state index < -0.39 is 52.5 Å². The molecule has 10 heteroatoms. The molecular weight excluding hydrogens is 530 g/mol. The van der Waals surface area contributed by atoms with Crippen LogP contribution in [0.1, 0.15) is 23.2 Å². The summed E-state index contributed by atoms with van der Waals surface area (Å²) in [4.78, 5) is 30.1. The van der Waals surface area contributed by atoms with E-state index in [1.165, 1.54) is 7.11 Å². The maximum atomic E-state index is 14.4. The lowest BCUT2D eigenvalue weighted by Crippen LogP contribution is -2.76. The van der Waals surface area contributed by atoms with Crippen molar-refractivity contribution in [3.8, 4) is 0 Å². The summed E-state index contributed by atoms with van der Waals surface area (Å²) >= 11 is 0. The van der Waals surface area contributed by atoms with Crippen LogP contribution in [-0.4, -0.2) is 118 Å². The van der Waals surface area contributed by atoms with E-state index in [-0.39, 0.29) is 48.2 Å². The number of rotatable bonds is 7. The first-order chi connectivity index (χ1) is 19.7. The number of nitrogens with zero attached hydrogens (tertiary/aromatic N) is 1. The third-order valence-electron chi connectivity index (χ3n) is 12.2. The van der Waals surface area contributed by atoms with Crippen molar-refractivity contribution in [2.45, 2.75) is 55.0 Å². The zero-order valence-electron chi connectivity index (χ0n) is 24.3. The van der Waals surface area contributed by atoms with Crippen molar-refractivity contribution in [2.75, 3.05) is 48.6 Å². The summed E-state index contributed by atoms with van der Waals surface area (Å²) in [5.41, 5.74) is -2.57. The minimum atomic E-state index is -1.70. The number of esters is 1. The zero-order valence-corrected chi connectivity index (χ0v) is 24.3. The van der Waals surface area contributed by atoms with Crippen LogP contribution in [-0.2, 0) is 28.5 Å². The number of piperidine rings is 1. The predicted molar refractivity (Wildman–Crippen MR) is 144 cm³/mol. The largest absolute Gasteiger partial charge is 0.455 e. The molecule has 6 aliphatic rings. The molecule has 41 heavy (non-hydrogen) atoms. The number of carbonyl (C=O) groups is 2. The van der Waals surface area contributed by atoms with Gasteiger partial charge in [-0.2, -0.15) is 0 Å². The fourth-order valence-electron chi connectivity index (χ4n) is 11.6. The van der Waals surface area contributed by atoms with Gasteiger partial charge in [0, 0.05) is 81.9 Å². The fraction of sp³-hybridized carbons (Fsp3) is 0.742. The van der Waals surface area contributed by atoms with E-state index >= 15 is 0 Å². The van der Waals surface area contributed by atoms with Crippen molar-refractivity contribution in [1.29, 1.82) is 0 Å². The molecule has 1 aliphatic heterocycles. The Balaban J connectivity index is 1.44. The van der Waals surface area contributed by atoms with E-state index in [4.69, 9.17) is 23.7 Å². The highest BCUT2D eigenvalue weighted by Gasteiger charge is 2.87. The van der Waals surface area contributed by atoms with Crippen LogP contribution in [0, 0.1) is 40.4 Å². The number of ketones is 1. The standard InChI is InChI=1S/C31H41NO9/c1-32-13-29(14-37-2)17(33)11-18(38-3)31-16-12-30(36)26(41-28(35)15-9-7-6-8-10-15)19(16)20(22(34)27(30)40-5)21(25(31)32)23(39-4)24(29)31/h6-10,16-21,23-27,33,36H,11-14H2,1-5H3/t16-,17-,18+,19+,20?,21+,23+,24-,25?,26-,27+,29+,30-,31+/m1/s1. The SMILES string of the molecule is COC[C@@]12CN(C)C3[C@H]4C5C(=O)[C@H](OC)[C@@]6(O)C[C@H]([C@@H]5[C@H]6OC(=O)c5ccccc5)[C@]3([C@@H](OC)C[C@H]1O)[C@@H]2[C@H]4OC. The predicted octanol–water partition coefficient (Wildman–Crippen LogP) is 0.781. The maximum Gasteiger partial charge on any atom is 0.338 e. The van der Waals surface area contributed by atoms with Crippen LogP contribution in [0.3, 0.4) is 0 Å². The second kappa shape index (κ2) is 9.29. The Morgan fingerprint density at radius 3 is 2.44 bits per heavy atom. The molecule has 2 N–H and O–H groups in total. The number of methoxy groups -OCH3 is 4. The van der Waals surface area contributed by atoms with Crippen molar-refractivity contribution in [2.24, 2.45) is 40.4 Å². The third-order valence-corrected chi connectivity index (χ3v) is 12.2. The Bertz CT molecular complexity index is 1230. The van der Waals surface area contributed by atoms with Crippen molar-refractivity contribution in [3.05, 3.63) is 35.9 Å². The van der Waals surface area contributed by atoms with Crippen molar-refractivity contribution < 1.29 is 43.5 Å². The van der Waals surface area contributed by atoms with Gasteiger partial charge in [0.25, 0.3) is 0 Å². The molecule has 14 atom stereocenters. The van der Waals surface area contributed by atoms with Crippen LogP contribution in [0.2, 0.25) is 0 Å². The summed E-state index contributed by atoms with van der Waals surface area (Å²) in [5.74, 6) is -2.44. The molecule has 1 aromatic carbocycles. The van der Waals surface area contributed by atoms with E-state index in [1.54, 1.807) is 45.6 Å². The molecule has 0 radical (unpaired) electrons. The van der Waals surface area contributed by atoms with Gasteiger partial charge in [-0.05, 0) is 31.5 Å². The lowest BCUT2D eigenvalue weighted by Gasteiger charge is -2.68. The van der Waals surface area contributed by atoms with E-state index in [2.05, 4.69) is 11.9 Å². The van der Waals surface area contributed by atoms with Crippen LogP contribution in [0.5, 0.6) is 0 Å². The normalized spacial score (nSPS) is 51.1. The minimum Gasteiger partial charge on any atom is -0.455 e. The lowest BCUT2D eigenvalue weighted by molar-refractivity contribution is -0.277. The molecule has 10 nitrogen and oxygen atoms in total. The Hall–Kier alpha value is -1.92. The number of carbonyl (C=O) groups excluding carboxylic acids is 2. The first kappa shape index (κ1) is 27.9. The fourth-order valence-corrected chi connectivity index (χ4v) is 11.6. The molecule has 224 valence electrons. The molecular formula is C31H41NO9. The van der Waals surface area contributed by atoms with Crippen LogP contribution in [0.4, 0.5) is 0 Å². The van der Waals surface area contributed by atoms with Gasteiger partial charge in [-0.1, -0.05) is 18.2 Å². The van der Waals surface area contributed by atoms with Gasteiger partial charge < -0.3 is 38.8 Å². The van der Waals surface area contributed by atoms with Gasteiger partial charge in [0.05, 0.1) is 30.5 Å². The summed E-state index contributed by atoms with van der Waals surface area (Å²) < 4.78 is 30.5. The smallest absolute Gasteiger partial charge is 0.338 e. The number of hydrogen-bond donors (Lipinski definition) is 2. The number of fused-ring (bicyclic) bond motifs is 2. The van der Waals surface area contributed by atoms with Gasteiger partial charge in [-0.25, -0.2) is 4.79 Å². The highest BCUT2D eigenvalue weighted by molar-refractivity contribution is 5.92. The number of benzene rings is 1. The number of Topliss-reactive ketones (excluding diaryl/α,β-unsaturated/α-hetero) is 1. The molecule has 1 heterocycles. The van der Waals surface area contributed by atoms with Crippen molar-refractivity contribution in [3.63, 3.8) is 0 Å². The van der Waals surface area contributed by atoms with E-state index in [0.717, 1.165) is 0 Å². The molecule has 0 aromatic heterocycles. The van der Waals surface area contributed by atoms with Crippen LogP contribution < -0.4 is 0 Å². The van der Waals surface area contributed by atoms with E-state index in [0.29, 0.717) is 25.1 Å². The summed E-state index contributed by atoms with van der Waals surface area (Å²) in [6, 6.07) is 8.62. The Morgan fingerprint density at radius 2 is 1.80 bits per heavy atom. The van der Waals surface area contributed by atoms with Crippen LogP contribution in [0.25, 0.3) is 0 Å². The van der Waals surface area contributed by atoms with Crippen LogP contribution >= 0.6 is 0 Å². The van der Waals surface area contributed by atoms with Gasteiger partial charge in [-0.15, -0.1) is 0 Å². The first-order valence-electron chi connectivity index (χ1n) is 14.6. The van der Waals surface area contributed by atoms with Crippen molar-refractivity contribution >= 4 is 11.8 Å². The Labute approximate surface area is 240 Å². The Kier molecular flexibility index (Phi) is 6.32. The lowest BCUT2D eigenvalue weighted by atomic mass is 9.43. The van der Waals surface area contributed by atoms with Crippen molar-refractivity contribution in [1.82, 2.24) is 4.90 Å². The molecule has 1 aromatic rings. The molecule has 7 rings (SSSR count). The minimum absolute atomic E-state index is 0.0986. The second-order valence-corrected chi connectivity index (χ2v) is 13.4. The average Bonchev–Trinajstić information content (AvgIpc) is 3.32. The summed E-state index contributed by atoms with van der Waals surface area (Å²) in [6.45, 7) is 0.919. The molecule has 7 bridgehead atoms. The molecule has 1 spiro atoms. The number of aliphatic hydroxyl groups excluding tert-OH is 1. The quantitative estimate of drug-likeness (QED) is 0.454. The molecule has 0 amide bonds. The Morgan fingerprint density at radius 1 is 1.07 bits per heavy atom. The number of ether oxygens (including phenoxy) is 5. The first-order valence-corrected chi connectivity index (χ1v) is 14.6. The highest BCUT2D eigenvalue weighted by Crippen LogP contribution is 2.78. The average molecular weight is 572 g/mol. The van der Waals surface area contributed by atoms with E-state index in [9.17, 15) is 19.8 Å². The monoisotopic (exact) mass is 571 g/mol. The number of aliphatic hydroxyl groups is 2. The summed E-state index contributed by atoms with van der Waals surface area (Å²) in [7, 11) is 8.50. The number of likely N-dealkylation sites (tertiary alicyclic amines) is 1. The molecule has 1 saturated heterocycles.